The van der Waals surface area contributed by atoms with E-state index in [1.54, 1.807) is 11.8 Å². The third-order valence-corrected chi connectivity index (χ3v) is 7.85. The summed E-state index contributed by atoms with van der Waals surface area (Å²) in [5.41, 5.74) is 6.58. The smallest absolute Gasteiger partial charge is 0.255 e. The molecule has 1 aliphatic rings. The van der Waals surface area contributed by atoms with Crippen LogP contribution < -0.4 is 5.73 Å². The Kier molecular flexibility index (Phi) is 5.56. The molecule has 0 saturated carbocycles. The van der Waals surface area contributed by atoms with Gasteiger partial charge in [-0.05, 0) is 57.0 Å². The summed E-state index contributed by atoms with van der Waals surface area (Å²) in [4.78, 5) is 14.9. The summed E-state index contributed by atoms with van der Waals surface area (Å²) in [7, 11) is 0. The number of thioether (sulfide) groups is 1. The highest BCUT2D eigenvalue weighted by atomic mass is 79.9. The highest BCUT2D eigenvalue weighted by Crippen LogP contribution is 2.37. The number of nitrogens with two attached hydrogens (primary N) is 1. The maximum Gasteiger partial charge on any atom is 0.255 e. The SMILES string of the molecule is CSC1(C(N)=S)CCN(C(=O)c2cc(Br)sc2Br)CC1. The van der Waals surface area contributed by atoms with Crippen LogP contribution in [0, 0.1) is 0 Å². The lowest BCUT2D eigenvalue weighted by Crippen LogP contribution is -2.50. The second-order valence-electron chi connectivity index (χ2n) is 4.59. The van der Waals surface area contributed by atoms with Gasteiger partial charge in [0.25, 0.3) is 5.91 Å². The molecule has 2 N–H and O–H groups in total. The second-order valence-corrected chi connectivity index (χ2v) is 9.97. The number of halogens is 2. The van der Waals surface area contributed by atoms with Crippen molar-refractivity contribution in [2.24, 2.45) is 5.73 Å². The number of amides is 1. The van der Waals surface area contributed by atoms with Crippen LogP contribution in [0.5, 0.6) is 0 Å². The number of thiocarbonyl (C=S) groups is 1. The minimum absolute atomic E-state index is 0.0662. The first-order valence-electron chi connectivity index (χ1n) is 5.99. The molecule has 0 aromatic carbocycles. The molecule has 1 aliphatic heterocycles. The van der Waals surface area contributed by atoms with Gasteiger partial charge in [-0.3, -0.25) is 4.79 Å². The Morgan fingerprint density at radius 1 is 1.50 bits per heavy atom. The van der Waals surface area contributed by atoms with E-state index in [2.05, 4.69) is 31.9 Å². The van der Waals surface area contributed by atoms with Crippen molar-refractivity contribution in [2.45, 2.75) is 17.6 Å². The van der Waals surface area contributed by atoms with Gasteiger partial charge in [0, 0.05) is 13.1 Å². The van der Waals surface area contributed by atoms with Crippen LogP contribution in [0.25, 0.3) is 0 Å². The molecule has 1 fully saturated rings. The van der Waals surface area contributed by atoms with Gasteiger partial charge in [-0.25, -0.2) is 0 Å². The summed E-state index contributed by atoms with van der Waals surface area (Å²) in [5.74, 6) is 0.0662. The largest absolute Gasteiger partial charge is 0.392 e. The number of piperidine rings is 1. The normalized spacial score (nSPS) is 18.1. The summed E-state index contributed by atoms with van der Waals surface area (Å²) in [5, 5.41) is 0. The molecule has 0 bridgehead atoms. The lowest BCUT2D eigenvalue weighted by atomic mass is 9.95. The minimum atomic E-state index is -0.154. The van der Waals surface area contributed by atoms with E-state index in [0.29, 0.717) is 23.6 Å². The average molecular weight is 458 g/mol. The predicted molar refractivity (Wildman–Crippen MR) is 97.9 cm³/mol. The first-order valence-corrected chi connectivity index (χ1v) is 10.0. The highest BCUT2D eigenvalue weighted by Gasteiger charge is 2.38. The van der Waals surface area contributed by atoms with Crippen molar-refractivity contribution in [2.75, 3.05) is 19.3 Å². The Bertz CT molecular complexity index is 539. The number of nitrogens with zero attached hydrogens (tertiary/aromatic N) is 1. The fourth-order valence-corrected chi connectivity index (χ4v) is 6.30. The minimum Gasteiger partial charge on any atom is -0.392 e. The molecule has 0 atom stereocenters. The van der Waals surface area contributed by atoms with Crippen LogP contribution in [-0.4, -0.2) is 39.9 Å². The molecule has 20 heavy (non-hydrogen) atoms. The first kappa shape index (κ1) is 16.7. The van der Waals surface area contributed by atoms with Crippen molar-refractivity contribution in [3.8, 4) is 0 Å². The maximum atomic E-state index is 12.5. The first-order chi connectivity index (χ1) is 9.39. The topological polar surface area (TPSA) is 46.3 Å². The summed E-state index contributed by atoms with van der Waals surface area (Å²) in [6, 6.07) is 1.86. The quantitative estimate of drug-likeness (QED) is 0.699. The number of thiophene rings is 1. The van der Waals surface area contributed by atoms with Crippen molar-refractivity contribution < 1.29 is 4.79 Å². The van der Waals surface area contributed by atoms with E-state index >= 15 is 0 Å². The fraction of sp³-hybridized carbons (Fsp3) is 0.500. The molecule has 2 rings (SSSR count). The van der Waals surface area contributed by atoms with Gasteiger partial charge in [0.05, 0.1) is 22.9 Å². The Balaban J connectivity index is 2.09. The number of hydrogen-bond donors (Lipinski definition) is 1. The van der Waals surface area contributed by atoms with E-state index < -0.39 is 0 Å². The molecule has 2 heterocycles. The van der Waals surface area contributed by atoms with Crippen LogP contribution in [0.15, 0.2) is 13.6 Å². The zero-order valence-corrected chi connectivity index (χ0v) is 16.4. The number of rotatable bonds is 3. The maximum absolute atomic E-state index is 12.5. The molecule has 0 unspecified atom stereocenters. The van der Waals surface area contributed by atoms with Gasteiger partial charge in [-0.1, -0.05) is 12.2 Å². The van der Waals surface area contributed by atoms with E-state index in [9.17, 15) is 4.79 Å². The van der Waals surface area contributed by atoms with Crippen LogP contribution >= 0.6 is 67.2 Å². The van der Waals surface area contributed by atoms with Gasteiger partial charge in [-0.2, -0.15) is 11.8 Å². The molecular formula is C12H14Br2N2OS3. The number of carbonyl (C=O) groups excluding carboxylic acids is 1. The number of hydrogen-bond acceptors (Lipinski definition) is 4. The van der Waals surface area contributed by atoms with Gasteiger partial charge in [0.1, 0.15) is 0 Å². The number of carbonyl (C=O) groups is 1. The third kappa shape index (κ3) is 3.24. The van der Waals surface area contributed by atoms with Gasteiger partial charge in [-0.15, -0.1) is 11.3 Å². The molecule has 1 aromatic rings. The summed E-state index contributed by atoms with van der Waals surface area (Å²) in [6.07, 6.45) is 3.67. The Morgan fingerprint density at radius 2 is 2.10 bits per heavy atom. The van der Waals surface area contributed by atoms with Gasteiger partial charge >= 0.3 is 0 Å². The van der Waals surface area contributed by atoms with E-state index in [4.69, 9.17) is 18.0 Å². The van der Waals surface area contributed by atoms with E-state index in [-0.39, 0.29) is 10.7 Å². The summed E-state index contributed by atoms with van der Waals surface area (Å²) < 4.78 is 1.66. The van der Waals surface area contributed by atoms with Gasteiger partial charge < -0.3 is 10.6 Å². The Hall–Kier alpha value is 0.370. The zero-order chi connectivity index (χ0) is 14.9. The molecule has 1 aromatic heterocycles. The molecule has 1 amide bonds. The molecule has 8 heteroatoms. The predicted octanol–water partition coefficient (Wildman–Crippen LogP) is 3.90. The standard InChI is InChI=1S/C12H14Br2N2OS3/c1-19-12(11(15)18)2-4-16(5-3-12)10(17)7-6-8(13)20-9(7)14/h6H,2-5H2,1H3,(H2,15,18). The van der Waals surface area contributed by atoms with Crippen molar-refractivity contribution in [1.82, 2.24) is 4.90 Å². The van der Waals surface area contributed by atoms with Crippen molar-refractivity contribution in [3.05, 3.63) is 19.2 Å². The molecule has 0 aliphatic carbocycles. The van der Waals surface area contributed by atoms with Crippen LogP contribution in [0.2, 0.25) is 0 Å². The number of likely N-dealkylation sites (tertiary alicyclic amines) is 1. The molecule has 0 radical (unpaired) electrons. The van der Waals surface area contributed by atoms with Gasteiger partial charge in [0.15, 0.2) is 0 Å². The second kappa shape index (κ2) is 6.64. The molecule has 1 saturated heterocycles. The Labute approximate surface area is 148 Å². The van der Waals surface area contributed by atoms with E-state index in [1.807, 2.05) is 17.2 Å². The molecule has 0 spiro atoms. The van der Waals surface area contributed by atoms with Crippen LogP contribution in [0.3, 0.4) is 0 Å². The van der Waals surface area contributed by atoms with Crippen LogP contribution in [0.4, 0.5) is 0 Å². The van der Waals surface area contributed by atoms with Crippen LogP contribution in [0.1, 0.15) is 23.2 Å². The highest BCUT2D eigenvalue weighted by molar-refractivity contribution is 9.12. The lowest BCUT2D eigenvalue weighted by Gasteiger charge is -2.40. The summed E-state index contributed by atoms with van der Waals surface area (Å²) >= 11 is 15.2. The van der Waals surface area contributed by atoms with Crippen molar-refractivity contribution in [1.29, 1.82) is 0 Å². The summed E-state index contributed by atoms with van der Waals surface area (Å²) in [6.45, 7) is 1.38. The van der Waals surface area contributed by atoms with E-state index in [0.717, 1.165) is 20.4 Å². The van der Waals surface area contributed by atoms with E-state index in [1.165, 1.54) is 11.3 Å². The zero-order valence-electron chi connectivity index (χ0n) is 10.8. The molecule has 110 valence electrons. The fourth-order valence-electron chi connectivity index (χ4n) is 2.28. The van der Waals surface area contributed by atoms with Gasteiger partial charge in [0.2, 0.25) is 0 Å². The van der Waals surface area contributed by atoms with Crippen molar-refractivity contribution >= 4 is 78.1 Å². The molecule has 3 nitrogen and oxygen atoms in total. The third-order valence-electron chi connectivity index (χ3n) is 3.59. The van der Waals surface area contributed by atoms with Crippen molar-refractivity contribution in [3.63, 3.8) is 0 Å². The Morgan fingerprint density at radius 3 is 2.50 bits per heavy atom. The average Bonchev–Trinajstić information content (AvgIpc) is 2.76. The molecular weight excluding hydrogens is 444 g/mol. The van der Waals surface area contributed by atoms with Crippen LogP contribution in [-0.2, 0) is 0 Å². The lowest BCUT2D eigenvalue weighted by molar-refractivity contribution is 0.0718. The monoisotopic (exact) mass is 456 g/mol.